The van der Waals surface area contributed by atoms with Crippen LogP contribution in [0.1, 0.15) is 6.92 Å². The van der Waals surface area contributed by atoms with Gasteiger partial charge in [-0.05, 0) is 25.1 Å². The van der Waals surface area contributed by atoms with Crippen LogP contribution in [-0.4, -0.2) is 26.6 Å². The van der Waals surface area contributed by atoms with Gasteiger partial charge in [-0.15, -0.1) is 0 Å². The molecule has 0 bridgehead atoms. The number of imidazole rings is 1. The average molecular weight is 368 g/mol. The van der Waals surface area contributed by atoms with Gasteiger partial charge in [-0.25, -0.2) is 4.98 Å². The summed E-state index contributed by atoms with van der Waals surface area (Å²) >= 11 is 11.9. The van der Waals surface area contributed by atoms with E-state index in [9.17, 15) is 15.2 Å². The van der Waals surface area contributed by atoms with Crippen molar-refractivity contribution in [2.24, 2.45) is 0 Å². The highest BCUT2D eigenvalue weighted by Crippen LogP contribution is 2.40. The number of aromatic hydroxyl groups is 1. The quantitative estimate of drug-likeness (QED) is 0.520. The van der Waals surface area contributed by atoms with Gasteiger partial charge in [0.15, 0.2) is 5.75 Å². The fraction of sp³-hybridized carbons (Fsp3) is 0.133. The van der Waals surface area contributed by atoms with E-state index in [0.717, 1.165) is 0 Å². The van der Waals surface area contributed by atoms with E-state index < -0.39 is 16.4 Å². The van der Waals surface area contributed by atoms with Crippen LogP contribution in [0.4, 0.5) is 5.69 Å². The largest absolute Gasteiger partial charge is 0.500 e. The van der Waals surface area contributed by atoms with Crippen LogP contribution in [0.5, 0.6) is 11.5 Å². The molecular weight excluding hydrogens is 357 g/mol. The molecule has 0 atom stereocenters. The summed E-state index contributed by atoms with van der Waals surface area (Å²) in [5.41, 5.74) is 1.13. The van der Waals surface area contributed by atoms with Gasteiger partial charge in [0.25, 0.3) is 0 Å². The first kappa shape index (κ1) is 16.4. The molecule has 1 aromatic heterocycles. The van der Waals surface area contributed by atoms with Crippen molar-refractivity contribution in [3.63, 3.8) is 0 Å². The Balaban J connectivity index is 2.19. The predicted octanol–water partition coefficient (Wildman–Crippen LogP) is 4.55. The first-order valence-electron chi connectivity index (χ1n) is 6.90. The SMILES string of the molecule is CCOc1cc(-c2nc3cc(Cl)c(Cl)cc3[nH]2)cc([N+](=O)[O-])c1O. The molecule has 0 fully saturated rings. The van der Waals surface area contributed by atoms with Crippen LogP contribution < -0.4 is 4.74 Å². The van der Waals surface area contributed by atoms with Crippen molar-refractivity contribution in [3.8, 4) is 22.9 Å². The molecule has 0 radical (unpaired) electrons. The topological polar surface area (TPSA) is 101 Å². The lowest BCUT2D eigenvalue weighted by atomic mass is 10.1. The zero-order chi connectivity index (χ0) is 17.4. The van der Waals surface area contributed by atoms with E-state index in [2.05, 4.69) is 9.97 Å². The number of phenols is 1. The molecule has 2 aromatic carbocycles. The zero-order valence-corrected chi connectivity index (χ0v) is 13.9. The molecule has 24 heavy (non-hydrogen) atoms. The van der Waals surface area contributed by atoms with Gasteiger partial charge in [-0.2, -0.15) is 0 Å². The summed E-state index contributed by atoms with van der Waals surface area (Å²) in [6.07, 6.45) is 0. The van der Waals surface area contributed by atoms with Crippen molar-refractivity contribution in [1.29, 1.82) is 0 Å². The van der Waals surface area contributed by atoms with Crippen LogP contribution in [-0.2, 0) is 0 Å². The molecule has 124 valence electrons. The average Bonchev–Trinajstić information content (AvgIpc) is 2.92. The van der Waals surface area contributed by atoms with E-state index in [-0.39, 0.29) is 12.4 Å². The first-order chi connectivity index (χ1) is 11.4. The molecular formula is C15H11Cl2N3O4. The third-order valence-corrected chi connectivity index (χ3v) is 4.07. The van der Waals surface area contributed by atoms with Crippen LogP contribution in [0.15, 0.2) is 24.3 Å². The fourth-order valence-corrected chi connectivity index (χ4v) is 2.60. The number of hydrogen-bond acceptors (Lipinski definition) is 5. The van der Waals surface area contributed by atoms with E-state index >= 15 is 0 Å². The van der Waals surface area contributed by atoms with Crippen molar-refractivity contribution in [2.45, 2.75) is 6.92 Å². The number of benzene rings is 2. The molecule has 0 amide bonds. The summed E-state index contributed by atoms with van der Waals surface area (Å²) in [4.78, 5) is 17.8. The summed E-state index contributed by atoms with van der Waals surface area (Å²) in [5.74, 6) is -0.140. The number of halogens is 2. The fourth-order valence-electron chi connectivity index (χ4n) is 2.28. The lowest BCUT2D eigenvalue weighted by Gasteiger charge is -2.07. The van der Waals surface area contributed by atoms with Crippen molar-refractivity contribution in [1.82, 2.24) is 9.97 Å². The van der Waals surface area contributed by atoms with Crippen molar-refractivity contribution in [3.05, 3.63) is 44.4 Å². The molecule has 1 heterocycles. The van der Waals surface area contributed by atoms with E-state index in [0.29, 0.717) is 32.5 Å². The number of phenolic OH excluding ortho intramolecular Hbond substituents is 1. The number of fused-ring (bicyclic) bond motifs is 1. The van der Waals surface area contributed by atoms with E-state index in [4.69, 9.17) is 27.9 Å². The van der Waals surface area contributed by atoms with E-state index in [1.807, 2.05) is 0 Å². The van der Waals surface area contributed by atoms with Crippen LogP contribution >= 0.6 is 23.2 Å². The Bertz CT molecular complexity index is 917. The molecule has 0 aliphatic carbocycles. The number of aromatic amines is 1. The van der Waals surface area contributed by atoms with Crippen LogP contribution in [0, 0.1) is 10.1 Å². The number of nitrogens with one attached hydrogen (secondary N) is 1. The smallest absolute Gasteiger partial charge is 0.315 e. The third-order valence-electron chi connectivity index (χ3n) is 3.35. The summed E-state index contributed by atoms with van der Waals surface area (Å²) in [6, 6.07) is 5.91. The highest BCUT2D eigenvalue weighted by Gasteiger charge is 2.22. The predicted molar refractivity (Wildman–Crippen MR) is 91.0 cm³/mol. The molecule has 0 aliphatic rings. The Labute approximate surface area is 145 Å². The lowest BCUT2D eigenvalue weighted by molar-refractivity contribution is -0.385. The van der Waals surface area contributed by atoms with Gasteiger partial charge >= 0.3 is 5.69 Å². The second-order valence-electron chi connectivity index (χ2n) is 4.90. The van der Waals surface area contributed by atoms with Crippen LogP contribution in [0.25, 0.3) is 22.4 Å². The molecule has 3 aromatic rings. The Morgan fingerprint density at radius 3 is 2.67 bits per heavy atom. The second-order valence-corrected chi connectivity index (χ2v) is 5.72. The number of hydrogen-bond donors (Lipinski definition) is 2. The second kappa shape index (κ2) is 6.18. The minimum atomic E-state index is -0.683. The molecule has 2 N–H and O–H groups in total. The van der Waals surface area contributed by atoms with Gasteiger partial charge in [0.05, 0.1) is 32.6 Å². The highest BCUT2D eigenvalue weighted by atomic mass is 35.5. The third kappa shape index (κ3) is 2.83. The van der Waals surface area contributed by atoms with E-state index in [1.54, 1.807) is 19.1 Å². The first-order valence-corrected chi connectivity index (χ1v) is 7.65. The molecule has 9 heteroatoms. The Morgan fingerprint density at radius 1 is 1.29 bits per heavy atom. The minimum absolute atomic E-state index is 0.0122. The van der Waals surface area contributed by atoms with Crippen molar-refractivity contribution < 1.29 is 14.8 Å². The normalized spacial score (nSPS) is 11.0. The summed E-state index contributed by atoms with van der Waals surface area (Å²) in [7, 11) is 0. The summed E-state index contributed by atoms with van der Waals surface area (Å²) < 4.78 is 5.26. The van der Waals surface area contributed by atoms with Gasteiger partial charge in [0, 0.05) is 11.6 Å². The van der Waals surface area contributed by atoms with Gasteiger partial charge in [-0.1, -0.05) is 23.2 Å². The number of nitro benzene ring substituents is 1. The monoisotopic (exact) mass is 367 g/mol. The zero-order valence-electron chi connectivity index (χ0n) is 12.3. The number of nitro groups is 1. The Morgan fingerprint density at radius 2 is 2.00 bits per heavy atom. The van der Waals surface area contributed by atoms with Gasteiger partial charge in [0.2, 0.25) is 5.75 Å². The number of rotatable bonds is 4. The maximum atomic E-state index is 11.1. The molecule has 0 saturated carbocycles. The van der Waals surface area contributed by atoms with Crippen molar-refractivity contribution >= 4 is 39.9 Å². The number of H-pyrrole nitrogens is 1. The molecule has 0 saturated heterocycles. The van der Waals surface area contributed by atoms with Crippen molar-refractivity contribution in [2.75, 3.05) is 6.61 Å². The Kier molecular flexibility index (Phi) is 4.21. The van der Waals surface area contributed by atoms with Gasteiger partial charge in [-0.3, -0.25) is 10.1 Å². The lowest BCUT2D eigenvalue weighted by Crippen LogP contribution is -1.96. The van der Waals surface area contributed by atoms with Gasteiger partial charge < -0.3 is 14.8 Å². The molecule has 0 aliphatic heterocycles. The van der Waals surface area contributed by atoms with Gasteiger partial charge in [0.1, 0.15) is 5.82 Å². The molecule has 0 spiro atoms. The molecule has 7 nitrogen and oxygen atoms in total. The number of ether oxygens (including phenoxy) is 1. The van der Waals surface area contributed by atoms with E-state index in [1.165, 1.54) is 12.1 Å². The molecule has 0 unspecified atom stereocenters. The maximum absolute atomic E-state index is 11.1. The minimum Gasteiger partial charge on any atom is -0.500 e. The number of aromatic nitrogens is 2. The summed E-state index contributed by atoms with van der Waals surface area (Å²) in [5, 5.41) is 21.8. The van der Waals surface area contributed by atoms with Crippen LogP contribution in [0.3, 0.4) is 0 Å². The Hall–Kier alpha value is -2.51. The maximum Gasteiger partial charge on any atom is 0.315 e. The summed E-state index contributed by atoms with van der Waals surface area (Å²) in [6.45, 7) is 1.96. The van der Waals surface area contributed by atoms with Crippen LogP contribution in [0.2, 0.25) is 10.0 Å². The standard InChI is InChI=1S/C15H11Cl2N3O4/c1-2-24-13-4-7(3-12(14(13)21)20(22)23)15-18-10-5-8(16)9(17)6-11(10)19-15/h3-6,21H,2H2,1H3,(H,18,19). The molecule has 3 rings (SSSR count). The highest BCUT2D eigenvalue weighted by molar-refractivity contribution is 6.42. The number of nitrogens with zero attached hydrogens (tertiary/aromatic N) is 2.